The fourth-order valence-electron chi connectivity index (χ4n) is 11.6. The lowest BCUT2D eigenvalue weighted by atomic mass is 9.68. The summed E-state index contributed by atoms with van der Waals surface area (Å²) in [5.74, 6) is -8.90. The monoisotopic (exact) mass is 1030 g/mol. The van der Waals surface area contributed by atoms with Crippen LogP contribution in [0.1, 0.15) is 112 Å². The summed E-state index contributed by atoms with van der Waals surface area (Å²) in [5, 5.41) is 23.6. The van der Waals surface area contributed by atoms with Gasteiger partial charge >= 0.3 is 13.6 Å². The Hall–Kier alpha value is -3.22. The van der Waals surface area contributed by atoms with Gasteiger partial charge in [0, 0.05) is 78.2 Å². The highest BCUT2D eigenvalue weighted by atomic mass is 31.2. The van der Waals surface area contributed by atoms with E-state index in [1.165, 1.54) is 25.8 Å². The molecular weight excluding hydrogens is 950 g/mol. The minimum atomic E-state index is -3.46. The second-order valence-electron chi connectivity index (χ2n) is 21.2. The molecule has 1 saturated carbocycles. The number of amides is 1. The number of Topliss-reactive ketones (excluding diaryl/α,β-unsaturated/α-hetero) is 3. The van der Waals surface area contributed by atoms with Gasteiger partial charge in [0.1, 0.15) is 30.1 Å². The molecule has 4 heterocycles. The number of aliphatic hydroxyl groups is 2. The van der Waals surface area contributed by atoms with Gasteiger partial charge < -0.3 is 52.6 Å². The average molecular weight is 1030 g/mol. The van der Waals surface area contributed by atoms with Crippen LogP contribution in [-0.2, 0) is 66.0 Å². The van der Waals surface area contributed by atoms with Gasteiger partial charge in [0.25, 0.3) is 11.7 Å². The van der Waals surface area contributed by atoms with E-state index in [0.717, 1.165) is 5.57 Å². The molecule has 406 valence electrons. The molecule has 17 atom stereocenters. The maximum Gasteiger partial charge on any atom is 0.329 e. The van der Waals surface area contributed by atoms with Crippen LogP contribution in [0.4, 0.5) is 0 Å². The topological polar surface area (TPSA) is 220 Å². The number of hydrogen-bond donors (Lipinski definition) is 2. The fourth-order valence-corrected chi connectivity index (χ4v) is 12.8. The molecule has 72 heavy (non-hydrogen) atoms. The highest BCUT2D eigenvalue weighted by Crippen LogP contribution is 2.50. The number of carbonyl (C=O) groups is 5. The smallest absolute Gasteiger partial charge is 0.329 e. The van der Waals surface area contributed by atoms with E-state index in [-0.39, 0.29) is 49.6 Å². The number of fused-ring (bicyclic) bond motifs is 4. The fraction of sp³-hybridized carbons (Fsp3) is 0.759. The van der Waals surface area contributed by atoms with E-state index in [4.69, 9.17) is 37.5 Å². The second kappa shape index (κ2) is 27.0. The minimum Gasteiger partial charge on any atom is -0.460 e. The summed E-state index contributed by atoms with van der Waals surface area (Å²) in [7, 11) is 2.57. The van der Waals surface area contributed by atoms with Crippen molar-refractivity contribution >= 4 is 36.8 Å². The van der Waals surface area contributed by atoms with Gasteiger partial charge in [0.05, 0.1) is 37.6 Å². The summed E-state index contributed by atoms with van der Waals surface area (Å²) in [6.45, 7) is 12.6. The molecule has 5 aliphatic rings. The third kappa shape index (κ3) is 15.0. The quantitative estimate of drug-likeness (QED) is 0.0706. The Kier molecular flexibility index (Phi) is 22.4. The molecule has 5 rings (SSSR count). The van der Waals surface area contributed by atoms with Gasteiger partial charge in [-0.1, -0.05) is 64.2 Å². The summed E-state index contributed by atoms with van der Waals surface area (Å²) >= 11 is 0. The number of hydrogen-bond acceptors (Lipinski definition) is 16. The number of ketones is 3. The molecule has 4 unspecified atom stereocenters. The van der Waals surface area contributed by atoms with E-state index in [0.29, 0.717) is 69.8 Å². The van der Waals surface area contributed by atoms with Gasteiger partial charge in [-0.2, -0.15) is 0 Å². The summed E-state index contributed by atoms with van der Waals surface area (Å²) in [6, 6.07) is -1.17. The molecule has 1 amide bonds. The zero-order valence-corrected chi connectivity index (χ0v) is 45.4. The molecular formula is C54H84NO16P. The van der Waals surface area contributed by atoms with Crippen molar-refractivity contribution in [2.75, 3.05) is 54.9 Å². The molecule has 0 aromatic heterocycles. The van der Waals surface area contributed by atoms with E-state index in [2.05, 4.69) is 0 Å². The molecule has 17 nitrogen and oxygen atoms in total. The van der Waals surface area contributed by atoms with Crippen molar-refractivity contribution < 1.29 is 76.2 Å². The maximum atomic E-state index is 14.6. The molecule has 0 spiro atoms. The number of nitrogens with zero attached hydrogens (tertiary/aromatic N) is 1. The Balaban J connectivity index is 1.50. The highest BCUT2D eigenvalue weighted by molar-refractivity contribution is 7.53. The average Bonchev–Trinajstić information content (AvgIpc) is 3.34. The maximum absolute atomic E-state index is 14.6. The molecule has 2 N–H and O–H groups in total. The van der Waals surface area contributed by atoms with Crippen LogP contribution in [0.5, 0.6) is 0 Å². The summed E-state index contributed by atoms with van der Waals surface area (Å²) in [6.07, 6.45) is 10.2. The van der Waals surface area contributed by atoms with Crippen LogP contribution in [0.2, 0.25) is 0 Å². The summed E-state index contributed by atoms with van der Waals surface area (Å²) in [5.41, 5.74) is 1.25. The zero-order chi connectivity index (χ0) is 53.1. The predicted molar refractivity (Wildman–Crippen MR) is 269 cm³/mol. The van der Waals surface area contributed by atoms with Crippen molar-refractivity contribution in [3.8, 4) is 0 Å². The Morgan fingerprint density at radius 2 is 1.58 bits per heavy atom. The van der Waals surface area contributed by atoms with Crippen LogP contribution >= 0.6 is 7.60 Å². The molecule has 0 radical (unpaired) electrons. The highest BCUT2D eigenvalue weighted by Gasteiger charge is 2.57. The van der Waals surface area contributed by atoms with Gasteiger partial charge in [-0.15, -0.1) is 0 Å². The van der Waals surface area contributed by atoms with Gasteiger partial charge in [-0.25, -0.2) is 4.79 Å². The lowest BCUT2D eigenvalue weighted by Gasteiger charge is -2.50. The SMILES string of the molecule is COCCOP(C)(=O)O[C@@H]1CC[C@@H](CC2[C@H]3CCCN4C(=O)C(=O)[C@]5(O)O[C@@H](CC[C@H]5C)C[C@H](OC)/C(C)=C/C=C/C=C/[C@@H](C)C[C@@H](C)C(=O)[C@H](OC)[C@H](O)/C(C)=C/C(C)C(=O)C[C@@H]2OC(=O)C34)C[C@H]1OC. The zero-order valence-electron chi connectivity index (χ0n) is 44.5. The Morgan fingerprint density at radius 1 is 0.847 bits per heavy atom. The van der Waals surface area contributed by atoms with Gasteiger partial charge in [0.15, 0.2) is 5.78 Å². The molecule has 4 fully saturated rings. The van der Waals surface area contributed by atoms with Crippen LogP contribution in [0.25, 0.3) is 0 Å². The Labute approximate surface area is 427 Å². The molecule has 1 aliphatic carbocycles. The number of rotatable bonds is 11. The lowest BCUT2D eigenvalue weighted by molar-refractivity contribution is -0.266. The van der Waals surface area contributed by atoms with Gasteiger partial charge in [-0.05, 0) is 101 Å². The van der Waals surface area contributed by atoms with Crippen LogP contribution in [0, 0.1) is 41.4 Å². The third-order valence-electron chi connectivity index (χ3n) is 15.8. The number of carbonyl (C=O) groups excluding carboxylic acids is 5. The summed E-state index contributed by atoms with van der Waals surface area (Å²) in [4.78, 5) is 72.8. The minimum absolute atomic E-state index is 0.00661. The van der Waals surface area contributed by atoms with Crippen molar-refractivity contribution in [1.29, 1.82) is 0 Å². The number of allylic oxidation sites excluding steroid dienone is 6. The normalized spacial score (nSPS) is 40.6. The van der Waals surface area contributed by atoms with E-state index in [9.17, 15) is 38.8 Å². The number of methoxy groups -OCH3 is 4. The first kappa shape index (κ1) is 59.7. The molecule has 4 bridgehead atoms. The molecule has 0 aromatic carbocycles. The van der Waals surface area contributed by atoms with E-state index >= 15 is 0 Å². The number of aliphatic hydroxyl groups excluding tert-OH is 1. The van der Waals surface area contributed by atoms with Crippen molar-refractivity contribution in [2.45, 2.75) is 167 Å². The van der Waals surface area contributed by atoms with E-state index in [1.807, 2.05) is 51.2 Å². The first-order valence-electron chi connectivity index (χ1n) is 26.0. The Bertz CT molecular complexity index is 2050. The first-order chi connectivity index (χ1) is 34.1. The van der Waals surface area contributed by atoms with Crippen molar-refractivity contribution in [3.05, 3.63) is 47.6 Å². The van der Waals surface area contributed by atoms with E-state index < -0.39 is 109 Å². The Morgan fingerprint density at radius 3 is 2.26 bits per heavy atom. The molecule has 3 saturated heterocycles. The van der Waals surface area contributed by atoms with Crippen LogP contribution in [-0.4, -0.2) is 154 Å². The van der Waals surface area contributed by atoms with Crippen molar-refractivity contribution in [1.82, 2.24) is 4.90 Å². The standard InChI is InChI=1S/C54H84NO16P/c1-32-16-13-12-14-17-33(2)44(65-8)30-39-21-19-37(6)54(62,70-39)51(59)52(60)55-23-15-18-40-41(28-38-20-22-43(46(29-38)66-9)71-72(11,63)68-25-24-64-7)45(69-53(61)47(40)55)31-42(56)34(3)27-36(5)49(58)50(67-10)48(57)35(4)26-32/h12-14,16-17,27,32,34-35,37-41,43-47,49-50,58,62H,15,18-26,28-31H2,1-11H3/b14-12+,16-13+,33-17+,36-27+/t32-,34?,35-,37-,38+,39+,40-,41?,43-,44+,45+,46-,47?,49-,50+,54-,72?/m1/s1. The van der Waals surface area contributed by atoms with E-state index in [1.54, 1.807) is 41.1 Å². The van der Waals surface area contributed by atoms with Crippen LogP contribution < -0.4 is 0 Å². The lowest BCUT2D eigenvalue weighted by Crippen LogP contribution is -2.65. The van der Waals surface area contributed by atoms with Crippen molar-refractivity contribution in [3.63, 3.8) is 0 Å². The molecule has 0 aromatic rings. The predicted octanol–water partition coefficient (Wildman–Crippen LogP) is 6.91. The van der Waals surface area contributed by atoms with Crippen LogP contribution in [0.3, 0.4) is 0 Å². The molecule has 18 heteroatoms. The van der Waals surface area contributed by atoms with Crippen LogP contribution in [0.15, 0.2) is 47.6 Å². The first-order valence-corrected chi connectivity index (χ1v) is 28.0. The third-order valence-corrected chi connectivity index (χ3v) is 17.1. The number of ether oxygens (including phenoxy) is 6. The largest absolute Gasteiger partial charge is 0.460 e. The second-order valence-corrected chi connectivity index (χ2v) is 23.2. The number of piperidine rings is 1. The van der Waals surface area contributed by atoms with Gasteiger partial charge in [0.2, 0.25) is 5.79 Å². The van der Waals surface area contributed by atoms with Gasteiger partial charge in [-0.3, -0.25) is 23.7 Å². The molecule has 4 aliphatic heterocycles. The summed E-state index contributed by atoms with van der Waals surface area (Å²) < 4.78 is 59.7. The number of esters is 1. The van der Waals surface area contributed by atoms with Crippen molar-refractivity contribution in [2.24, 2.45) is 41.4 Å².